The minimum atomic E-state index is -0.853. The first kappa shape index (κ1) is 12.6. The second-order valence-corrected chi connectivity index (χ2v) is 5.09. The number of rotatable bonds is 5. The van der Waals surface area contributed by atoms with E-state index in [9.17, 15) is 4.79 Å². The lowest BCUT2D eigenvalue weighted by Crippen LogP contribution is -2.21. The minimum absolute atomic E-state index is 0.397. The van der Waals surface area contributed by atoms with Crippen LogP contribution in [0.2, 0.25) is 0 Å². The predicted octanol–water partition coefficient (Wildman–Crippen LogP) is 3.47. The van der Waals surface area contributed by atoms with E-state index in [0.29, 0.717) is 4.88 Å². The summed E-state index contributed by atoms with van der Waals surface area (Å²) in [4.78, 5) is 14.5. The number of nitrogens with zero attached hydrogens (tertiary/aromatic N) is 1. The van der Waals surface area contributed by atoms with Crippen molar-refractivity contribution >= 4 is 23.0 Å². The molecule has 94 valence electrons. The monoisotopic (exact) mass is 261 g/mol. The highest BCUT2D eigenvalue weighted by Crippen LogP contribution is 2.21. The van der Waals surface area contributed by atoms with Crippen molar-refractivity contribution in [3.8, 4) is 0 Å². The number of carboxylic acid groups (broad SMARTS) is 1. The lowest BCUT2D eigenvalue weighted by atomic mass is 10.3. The van der Waals surface area contributed by atoms with Crippen LogP contribution in [0, 0.1) is 0 Å². The molecule has 0 unspecified atom stereocenters. The van der Waals surface area contributed by atoms with Crippen molar-refractivity contribution in [2.24, 2.45) is 0 Å². The van der Waals surface area contributed by atoms with Crippen LogP contribution in [0.1, 0.15) is 21.5 Å². The summed E-state index contributed by atoms with van der Waals surface area (Å²) in [7, 11) is 0. The first-order chi connectivity index (χ1) is 8.70. The molecule has 0 atom stereocenters. The van der Waals surface area contributed by atoms with Crippen molar-refractivity contribution in [3.63, 3.8) is 0 Å². The van der Waals surface area contributed by atoms with E-state index in [1.54, 1.807) is 6.07 Å². The third-order valence-electron chi connectivity index (χ3n) is 2.72. The Morgan fingerprint density at radius 2 is 1.94 bits per heavy atom. The fraction of sp³-hybridized carbons (Fsp3) is 0.214. The van der Waals surface area contributed by atoms with Crippen molar-refractivity contribution in [2.45, 2.75) is 13.5 Å². The Morgan fingerprint density at radius 3 is 2.50 bits per heavy atom. The molecule has 0 aliphatic carbocycles. The van der Waals surface area contributed by atoms with Crippen LogP contribution in [0.15, 0.2) is 42.5 Å². The van der Waals surface area contributed by atoms with Gasteiger partial charge in [-0.2, -0.15) is 0 Å². The van der Waals surface area contributed by atoms with E-state index in [1.165, 1.54) is 11.3 Å². The number of aromatic carboxylic acids is 1. The fourth-order valence-corrected chi connectivity index (χ4v) is 2.65. The van der Waals surface area contributed by atoms with E-state index in [4.69, 9.17) is 5.11 Å². The number of hydrogen-bond acceptors (Lipinski definition) is 3. The Labute approximate surface area is 110 Å². The van der Waals surface area contributed by atoms with E-state index >= 15 is 0 Å². The Kier molecular flexibility index (Phi) is 3.99. The zero-order valence-electron chi connectivity index (χ0n) is 10.2. The largest absolute Gasteiger partial charge is 0.477 e. The molecule has 4 heteroatoms. The molecule has 0 saturated heterocycles. The maximum Gasteiger partial charge on any atom is 0.345 e. The van der Waals surface area contributed by atoms with Crippen LogP contribution in [-0.2, 0) is 6.54 Å². The van der Waals surface area contributed by atoms with Crippen molar-refractivity contribution in [3.05, 3.63) is 52.2 Å². The molecule has 0 aliphatic rings. The Bertz CT molecular complexity index is 522. The number of carbonyl (C=O) groups is 1. The van der Waals surface area contributed by atoms with E-state index in [1.807, 2.05) is 24.3 Å². The highest BCUT2D eigenvalue weighted by Gasteiger charge is 2.10. The van der Waals surface area contributed by atoms with Crippen molar-refractivity contribution < 1.29 is 9.90 Å². The van der Waals surface area contributed by atoms with E-state index < -0.39 is 5.97 Å². The number of benzene rings is 1. The van der Waals surface area contributed by atoms with Gasteiger partial charge in [-0.3, -0.25) is 0 Å². The summed E-state index contributed by atoms with van der Waals surface area (Å²) < 4.78 is 0. The van der Waals surface area contributed by atoms with Gasteiger partial charge in [0.25, 0.3) is 0 Å². The first-order valence-corrected chi connectivity index (χ1v) is 6.64. The van der Waals surface area contributed by atoms with E-state index in [2.05, 4.69) is 24.0 Å². The average molecular weight is 261 g/mol. The molecular weight excluding hydrogens is 246 g/mol. The Balaban J connectivity index is 2.13. The maximum absolute atomic E-state index is 10.8. The standard InChI is InChI=1S/C14H15NO2S/c1-2-15(11-6-4-3-5-7-11)10-12-8-9-13(18-12)14(16)17/h3-9H,2,10H2,1H3,(H,16,17). The molecule has 0 fully saturated rings. The zero-order chi connectivity index (χ0) is 13.0. The molecule has 1 heterocycles. The third kappa shape index (κ3) is 2.90. The zero-order valence-corrected chi connectivity index (χ0v) is 11.0. The van der Waals surface area contributed by atoms with E-state index in [-0.39, 0.29) is 0 Å². The molecule has 2 rings (SSSR count). The van der Waals surface area contributed by atoms with Crippen LogP contribution in [0.25, 0.3) is 0 Å². The van der Waals surface area contributed by atoms with Gasteiger partial charge in [-0.1, -0.05) is 18.2 Å². The third-order valence-corrected chi connectivity index (χ3v) is 3.78. The number of anilines is 1. The molecule has 0 amide bonds. The molecule has 0 aliphatic heterocycles. The van der Waals surface area contributed by atoms with Gasteiger partial charge in [0.2, 0.25) is 0 Å². The molecule has 3 nitrogen and oxygen atoms in total. The smallest absolute Gasteiger partial charge is 0.345 e. The van der Waals surface area contributed by atoms with Crippen LogP contribution in [0.3, 0.4) is 0 Å². The Hall–Kier alpha value is -1.81. The summed E-state index contributed by atoms with van der Waals surface area (Å²) in [5, 5.41) is 8.90. The summed E-state index contributed by atoms with van der Waals surface area (Å²) in [6, 6.07) is 13.7. The van der Waals surface area contributed by atoms with Gasteiger partial charge >= 0.3 is 5.97 Å². The molecule has 0 saturated carbocycles. The van der Waals surface area contributed by atoms with Crippen LogP contribution in [0.4, 0.5) is 5.69 Å². The van der Waals surface area contributed by atoms with Gasteiger partial charge in [-0.15, -0.1) is 11.3 Å². The normalized spacial score (nSPS) is 10.3. The molecule has 2 aromatic rings. The fourth-order valence-electron chi connectivity index (χ4n) is 1.79. The van der Waals surface area contributed by atoms with Gasteiger partial charge < -0.3 is 10.0 Å². The lowest BCUT2D eigenvalue weighted by Gasteiger charge is -2.22. The summed E-state index contributed by atoms with van der Waals surface area (Å²) in [6.45, 7) is 3.74. The van der Waals surface area contributed by atoms with Gasteiger partial charge in [-0.05, 0) is 31.2 Å². The summed E-state index contributed by atoms with van der Waals surface area (Å²) in [6.07, 6.45) is 0. The van der Waals surface area contributed by atoms with Gasteiger partial charge in [-0.25, -0.2) is 4.79 Å². The molecular formula is C14H15NO2S. The summed E-state index contributed by atoms with van der Waals surface area (Å²) in [5.74, 6) is -0.853. The van der Waals surface area contributed by atoms with Crippen molar-refractivity contribution in [1.29, 1.82) is 0 Å². The molecule has 0 spiro atoms. The molecule has 1 aromatic carbocycles. The summed E-state index contributed by atoms with van der Waals surface area (Å²) >= 11 is 1.34. The summed E-state index contributed by atoms with van der Waals surface area (Å²) in [5.41, 5.74) is 1.16. The molecule has 0 bridgehead atoms. The SMILES string of the molecule is CCN(Cc1ccc(C(=O)O)s1)c1ccccc1. The van der Waals surface area contributed by atoms with Crippen LogP contribution >= 0.6 is 11.3 Å². The van der Waals surface area contributed by atoms with Gasteiger partial charge in [0.15, 0.2) is 0 Å². The predicted molar refractivity (Wildman–Crippen MR) is 74.4 cm³/mol. The topological polar surface area (TPSA) is 40.5 Å². The van der Waals surface area contributed by atoms with Gasteiger partial charge in [0.05, 0.1) is 6.54 Å². The van der Waals surface area contributed by atoms with Crippen LogP contribution in [-0.4, -0.2) is 17.6 Å². The Morgan fingerprint density at radius 1 is 1.22 bits per heavy atom. The molecule has 0 radical (unpaired) electrons. The van der Waals surface area contributed by atoms with Crippen LogP contribution < -0.4 is 4.90 Å². The average Bonchev–Trinajstić information content (AvgIpc) is 2.86. The molecule has 1 aromatic heterocycles. The van der Waals surface area contributed by atoms with Gasteiger partial charge in [0.1, 0.15) is 4.88 Å². The molecule has 1 N–H and O–H groups in total. The maximum atomic E-state index is 10.8. The van der Waals surface area contributed by atoms with Crippen molar-refractivity contribution in [2.75, 3.05) is 11.4 Å². The van der Waals surface area contributed by atoms with E-state index in [0.717, 1.165) is 23.7 Å². The number of para-hydroxylation sites is 1. The quantitative estimate of drug-likeness (QED) is 0.896. The van der Waals surface area contributed by atoms with Crippen molar-refractivity contribution in [1.82, 2.24) is 0 Å². The lowest BCUT2D eigenvalue weighted by molar-refractivity contribution is 0.0702. The minimum Gasteiger partial charge on any atom is -0.477 e. The highest BCUT2D eigenvalue weighted by molar-refractivity contribution is 7.13. The molecule has 18 heavy (non-hydrogen) atoms. The highest BCUT2D eigenvalue weighted by atomic mass is 32.1. The second-order valence-electron chi connectivity index (χ2n) is 3.92. The number of thiophene rings is 1. The second kappa shape index (κ2) is 5.69. The number of carboxylic acids is 1. The first-order valence-electron chi connectivity index (χ1n) is 5.82. The number of hydrogen-bond donors (Lipinski definition) is 1. The van der Waals surface area contributed by atoms with Crippen LogP contribution in [0.5, 0.6) is 0 Å². The van der Waals surface area contributed by atoms with Gasteiger partial charge in [0, 0.05) is 17.1 Å².